The minimum Gasteiger partial charge on any atom is -0.490 e. The number of hydrogen-bond acceptors (Lipinski definition) is 6. The SMILES string of the molecule is C#CCN1C(=O)S/C(=C/c2cc(Cl)c(OCc3ccccc3C#N)c(OCC)c2)C1=O. The van der Waals surface area contributed by atoms with Crippen molar-refractivity contribution in [2.24, 2.45) is 0 Å². The van der Waals surface area contributed by atoms with Gasteiger partial charge in [-0.25, -0.2) is 0 Å². The van der Waals surface area contributed by atoms with Crippen LogP contribution in [0.4, 0.5) is 4.79 Å². The second kappa shape index (κ2) is 10.1. The number of imide groups is 1. The van der Waals surface area contributed by atoms with E-state index in [0.29, 0.717) is 29.2 Å². The zero-order valence-corrected chi connectivity index (χ0v) is 18.1. The number of ether oxygens (including phenoxy) is 2. The molecule has 0 saturated carbocycles. The first-order chi connectivity index (χ1) is 15.0. The second-order valence-electron chi connectivity index (χ2n) is 6.29. The van der Waals surface area contributed by atoms with Gasteiger partial charge in [-0.1, -0.05) is 35.7 Å². The van der Waals surface area contributed by atoms with E-state index < -0.39 is 11.1 Å². The van der Waals surface area contributed by atoms with Crippen molar-refractivity contribution in [3.63, 3.8) is 0 Å². The van der Waals surface area contributed by atoms with E-state index in [4.69, 9.17) is 27.5 Å². The van der Waals surface area contributed by atoms with Gasteiger partial charge < -0.3 is 9.47 Å². The summed E-state index contributed by atoms with van der Waals surface area (Å²) in [5.74, 6) is 2.57. The first-order valence-electron chi connectivity index (χ1n) is 9.24. The van der Waals surface area contributed by atoms with Crippen molar-refractivity contribution in [2.45, 2.75) is 13.5 Å². The van der Waals surface area contributed by atoms with E-state index in [9.17, 15) is 14.9 Å². The summed E-state index contributed by atoms with van der Waals surface area (Å²) in [5, 5.41) is 9.10. The normalized spacial score (nSPS) is 14.5. The average Bonchev–Trinajstić information content (AvgIpc) is 3.01. The number of rotatable bonds is 7. The molecule has 31 heavy (non-hydrogen) atoms. The molecular formula is C23H17ClN2O4S. The molecule has 1 fully saturated rings. The van der Waals surface area contributed by atoms with Gasteiger partial charge in [0.05, 0.1) is 34.7 Å². The summed E-state index contributed by atoms with van der Waals surface area (Å²) in [6.07, 6.45) is 6.78. The fourth-order valence-corrected chi connectivity index (χ4v) is 3.97. The zero-order chi connectivity index (χ0) is 22.4. The molecule has 0 unspecified atom stereocenters. The van der Waals surface area contributed by atoms with Crippen molar-refractivity contribution in [2.75, 3.05) is 13.2 Å². The number of amides is 2. The Kier molecular flexibility index (Phi) is 7.25. The van der Waals surface area contributed by atoms with Gasteiger partial charge in [0.1, 0.15) is 6.61 Å². The van der Waals surface area contributed by atoms with Crippen molar-refractivity contribution in [1.82, 2.24) is 4.90 Å². The first kappa shape index (κ1) is 22.3. The highest BCUT2D eigenvalue weighted by atomic mass is 35.5. The van der Waals surface area contributed by atoms with Crippen LogP contribution in [0.15, 0.2) is 41.3 Å². The molecule has 0 atom stereocenters. The predicted molar refractivity (Wildman–Crippen MR) is 120 cm³/mol. The number of terminal acetylenes is 1. The van der Waals surface area contributed by atoms with E-state index in [1.165, 1.54) is 0 Å². The van der Waals surface area contributed by atoms with Crippen molar-refractivity contribution < 1.29 is 19.1 Å². The Hall–Kier alpha value is -3.39. The molecule has 1 aliphatic rings. The van der Waals surface area contributed by atoms with E-state index in [1.54, 1.807) is 36.4 Å². The molecule has 3 rings (SSSR count). The fourth-order valence-electron chi connectivity index (χ4n) is 2.86. The highest BCUT2D eigenvalue weighted by molar-refractivity contribution is 8.18. The summed E-state index contributed by atoms with van der Waals surface area (Å²) in [4.78, 5) is 25.6. The van der Waals surface area contributed by atoms with Crippen molar-refractivity contribution >= 4 is 40.6 Å². The largest absolute Gasteiger partial charge is 0.490 e. The van der Waals surface area contributed by atoms with E-state index in [0.717, 1.165) is 22.2 Å². The van der Waals surface area contributed by atoms with Crippen molar-refractivity contribution in [3.8, 4) is 29.9 Å². The van der Waals surface area contributed by atoms with Crippen LogP contribution in [-0.4, -0.2) is 29.2 Å². The molecule has 0 radical (unpaired) electrons. The van der Waals surface area contributed by atoms with Gasteiger partial charge in [-0.3, -0.25) is 14.5 Å². The fraction of sp³-hybridized carbons (Fsp3) is 0.174. The molecule has 0 aromatic heterocycles. The molecule has 0 bridgehead atoms. The Balaban J connectivity index is 1.89. The van der Waals surface area contributed by atoms with Crippen LogP contribution in [0.3, 0.4) is 0 Å². The van der Waals surface area contributed by atoms with Gasteiger partial charge in [-0.15, -0.1) is 6.42 Å². The molecule has 1 heterocycles. The molecule has 2 aromatic carbocycles. The molecule has 1 saturated heterocycles. The minimum absolute atomic E-state index is 0.0795. The Morgan fingerprint density at radius 3 is 2.74 bits per heavy atom. The van der Waals surface area contributed by atoms with E-state index in [1.807, 2.05) is 13.0 Å². The van der Waals surface area contributed by atoms with Crippen LogP contribution in [-0.2, 0) is 11.4 Å². The molecule has 2 amide bonds. The Bertz CT molecular complexity index is 1150. The summed E-state index contributed by atoms with van der Waals surface area (Å²) in [6, 6.07) is 12.5. The topological polar surface area (TPSA) is 79.6 Å². The lowest BCUT2D eigenvalue weighted by molar-refractivity contribution is -0.122. The quantitative estimate of drug-likeness (QED) is 0.441. The maximum atomic E-state index is 12.4. The minimum atomic E-state index is -0.449. The zero-order valence-electron chi connectivity index (χ0n) is 16.6. The number of carbonyl (C=O) groups excluding carboxylic acids is 2. The molecule has 8 heteroatoms. The van der Waals surface area contributed by atoms with Gasteiger partial charge in [-0.05, 0) is 48.5 Å². The van der Waals surface area contributed by atoms with Crippen molar-refractivity contribution in [1.29, 1.82) is 5.26 Å². The van der Waals surface area contributed by atoms with Crippen LogP contribution >= 0.6 is 23.4 Å². The third kappa shape index (κ3) is 5.03. The number of nitrogens with zero attached hydrogens (tertiary/aromatic N) is 2. The predicted octanol–water partition coefficient (Wildman–Crippen LogP) is 4.86. The summed E-state index contributed by atoms with van der Waals surface area (Å²) in [5.41, 5.74) is 1.80. The molecule has 2 aromatic rings. The first-order valence-corrected chi connectivity index (χ1v) is 10.4. The summed E-state index contributed by atoms with van der Waals surface area (Å²) in [6.45, 7) is 2.24. The number of hydrogen-bond donors (Lipinski definition) is 0. The monoisotopic (exact) mass is 452 g/mol. The van der Waals surface area contributed by atoms with Gasteiger partial charge in [0.2, 0.25) is 0 Å². The number of halogens is 1. The van der Waals surface area contributed by atoms with E-state index in [2.05, 4.69) is 12.0 Å². The molecular weight excluding hydrogens is 436 g/mol. The Morgan fingerprint density at radius 2 is 2.03 bits per heavy atom. The molecule has 6 nitrogen and oxygen atoms in total. The standard InChI is InChI=1S/C23H17ClN2O4S/c1-3-9-26-22(27)20(31-23(26)28)12-15-10-18(24)21(19(11-15)29-4-2)30-14-17-8-6-5-7-16(17)13-25/h1,5-8,10-12H,4,9,14H2,2H3/b20-12+. The lowest BCUT2D eigenvalue weighted by Gasteiger charge is -2.15. The van der Waals surface area contributed by atoms with Crippen LogP contribution in [0, 0.1) is 23.7 Å². The molecule has 1 aliphatic heterocycles. The number of nitriles is 1. The lowest BCUT2D eigenvalue weighted by atomic mass is 10.1. The highest BCUT2D eigenvalue weighted by Crippen LogP contribution is 2.39. The highest BCUT2D eigenvalue weighted by Gasteiger charge is 2.34. The maximum Gasteiger partial charge on any atom is 0.294 e. The van der Waals surface area contributed by atoms with Crippen LogP contribution in [0.1, 0.15) is 23.6 Å². The van der Waals surface area contributed by atoms with Gasteiger partial charge >= 0.3 is 0 Å². The third-order valence-electron chi connectivity index (χ3n) is 4.26. The summed E-state index contributed by atoms with van der Waals surface area (Å²) >= 11 is 7.26. The summed E-state index contributed by atoms with van der Waals surface area (Å²) in [7, 11) is 0. The van der Waals surface area contributed by atoms with E-state index >= 15 is 0 Å². The maximum absolute atomic E-state index is 12.4. The Labute approximate surface area is 189 Å². The molecule has 0 aliphatic carbocycles. The van der Waals surface area contributed by atoms with Crippen LogP contribution in [0.2, 0.25) is 5.02 Å². The van der Waals surface area contributed by atoms with Crippen LogP contribution in [0.5, 0.6) is 11.5 Å². The number of benzene rings is 2. The number of carbonyl (C=O) groups is 2. The second-order valence-corrected chi connectivity index (χ2v) is 7.69. The van der Waals surface area contributed by atoms with Gasteiger partial charge in [0.25, 0.3) is 11.1 Å². The smallest absolute Gasteiger partial charge is 0.294 e. The third-order valence-corrected chi connectivity index (χ3v) is 5.45. The van der Waals surface area contributed by atoms with Gasteiger partial charge in [0.15, 0.2) is 11.5 Å². The van der Waals surface area contributed by atoms with Crippen molar-refractivity contribution in [3.05, 3.63) is 63.0 Å². The van der Waals surface area contributed by atoms with Crippen LogP contribution < -0.4 is 9.47 Å². The summed E-state index contributed by atoms with van der Waals surface area (Å²) < 4.78 is 11.6. The molecule has 0 spiro atoms. The molecule has 0 N–H and O–H groups in total. The lowest BCUT2D eigenvalue weighted by Crippen LogP contribution is -2.28. The molecule has 156 valence electrons. The van der Waals surface area contributed by atoms with Gasteiger partial charge in [0, 0.05) is 5.56 Å². The average molecular weight is 453 g/mol. The Morgan fingerprint density at radius 1 is 1.26 bits per heavy atom. The van der Waals surface area contributed by atoms with Crippen LogP contribution in [0.25, 0.3) is 6.08 Å². The number of thioether (sulfide) groups is 1. The van der Waals surface area contributed by atoms with Gasteiger partial charge in [-0.2, -0.15) is 5.26 Å². The van der Waals surface area contributed by atoms with E-state index in [-0.39, 0.29) is 23.1 Å².